The van der Waals surface area contributed by atoms with Gasteiger partial charge in [0.1, 0.15) is 17.6 Å². The number of ether oxygens (including phenoxy) is 2. The highest BCUT2D eigenvalue weighted by atomic mass is 19.1. The number of fused-ring (bicyclic) bond motifs is 1. The number of aromatic nitrogens is 2. The van der Waals surface area contributed by atoms with E-state index in [9.17, 15) is 4.39 Å². The highest BCUT2D eigenvalue weighted by Gasteiger charge is 2.25. The minimum atomic E-state index is -0.669. The molecule has 0 bridgehead atoms. The molecule has 154 valence electrons. The number of likely N-dealkylation sites (tertiary alicyclic amines) is 1. The third kappa shape index (κ3) is 4.42. The largest absolute Gasteiger partial charge is 0.497 e. The molecule has 1 aromatic heterocycles. The first-order valence-corrected chi connectivity index (χ1v) is 10.3. The number of hydrogen-bond acceptors (Lipinski definition) is 5. The van der Waals surface area contributed by atoms with Gasteiger partial charge in [0, 0.05) is 32.0 Å². The smallest absolute Gasteiger partial charge is 0.235 e. The molecule has 1 unspecified atom stereocenters. The Morgan fingerprint density at radius 2 is 1.97 bits per heavy atom. The summed E-state index contributed by atoms with van der Waals surface area (Å²) in [5.41, 5.74) is 6.31. The number of aryl methyl sites for hydroxylation is 1. The standard InChI is InChI=1S/C23H28FN3O2/c1-28-19-3-4-21-17(14-19)13-16(7-11-27-12-8-18(24)15-27)20(21)5-6-22-23(29-2)26-10-9-25-22/h3-4,9-10,14,18H,5-8,11-13,15H2,1-2H3. The number of hydrogen-bond donors (Lipinski definition) is 0. The minimum Gasteiger partial charge on any atom is -0.497 e. The van der Waals surface area contributed by atoms with Crippen LogP contribution in [-0.4, -0.2) is 54.9 Å². The Morgan fingerprint density at radius 1 is 1.10 bits per heavy atom. The predicted molar refractivity (Wildman–Crippen MR) is 111 cm³/mol. The molecule has 5 nitrogen and oxygen atoms in total. The van der Waals surface area contributed by atoms with Crippen LogP contribution in [0.2, 0.25) is 0 Å². The van der Waals surface area contributed by atoms with E-state index in [1.807, 2.05) is 6.07 Å². The highest BCUT2D eigenvalue weighted by molar-refractivity contribution is 5.77. The first-order chi connectivity index (χ1) is 14.2. The van der Waals surface area contributed by atoms with Gasteiger partial charge in [-0.05, 0) is 60.9 Å². The van der Waals surface area contributed by atoms with Gasteiger partial charge in [-0.25, -0.2) is 9.37 Å². The van der Waals surface area contributed by atoms with E-state index in [2.05, 4.69) is 27.0 Å². The van der Waals surface area contributed by atoms with Gasteiger partial charge in [-0.2, -0.15) is 0 Å². The van der Waals surface area contributed by atoms with Gasteiger partial charge in [0.25, 0.3) is 0 Å². The number of nitrogens with zero attached hydrogens (tertiary/aromatic N) is 3. The van der Waals surface area contributed by atoms with Crippen LogP contribution in [-0.2, 0) is 12.8 Å². The lowest BCUT2D eigenvalue weighted by atomic mass is 9.98. The van der Waals surface area contributed by atoms with Gasteiger partial charge < -0.3 is 14.4 Å². The molecule has 1 atom stereocenters. The molecule has 1 aliphatic carbocycles. The quantitative estimate of drug-likeness (QED) is 0.677. The Balaban J connectivity index is 1.54. The lowest BCUT2D eigenvalue weighted by Crippen LogP contribution is -2.22. The lowest BCUT2D eigenvalue weighted by Gasteiger charge is -2.16. The Bertz CT molecular complexity index is 899. The van der Waals surface area contributed by atoms with Crippen molar-refractivity contribution in [2.45, 2.75) is 38.3 Å². The van der Waals surface area contributed by atoms with Gasteiger partial charge in [-0.15, -0.1) is 0 Å². The summed E-state index contributed by atoms with van der Waals surface area (Å²) in [6.45, 7) is 2.35. The van der Waals surface area contributed by atoms with Crippen molar-refractivity contribution < 1.29 is 13.9 Å². The normalized spacial score (nSPS) is 18.9. The summed E-state index contributed by atoms with van der Waals surface area (Å²) >= 11 is 0. The molecule has 6 heteroatoms. The SMILES string of the molecule is COc1ccc2c(c1)CC(CCN1CCC(F)C1)=C2CCc1nccnc1OC. The van der Waals surface area contributed by atoms with Crippen molar-refractivity contribution in [2.75, 3.05) is 33.9 Å². The first-order valence-electron chi connectivity index (χ1n) is 10.3. The summed E-state index contributed by atoms with van der Waals surface area (Å²) in [6, 6.07) is 6.33. The van der Waals surface area contributed by atoms with Crippen LogP contribution >= 0.6 is 0 Å². The van der Waals surface area contributed by atoms with Crippen LogP contribution in [0.15, 0.2) is 36.2 Å². The fraction of sp³-hybridized carbons (Fsp3) is 0.478. The second-order valence-electron chi connectivity index (χ2n) is 7.73. The van der Waals surface area contributed by atoms with Crippen molar-refractivity contribution in [3.05, 3.63) is 53.0 Å². The molecule has 0 spiro atoms. The lowest BCUT2D eigenvalue weighted by molar-refractivity contribution is 0.290. The Labute approximate surface area is 171 Å². The van der Waals surface area contributed by atoms with Gasteiger partial charge in [0.2, 0.25) is 5.88 Å². The van der Waals surface area contributed by atoms with Crippen molar-refractivity contribution in [1.82, 2.24) is 14.9 Å². The topological polar surface area (TPSA) is 47.5 Å². The number of benzene rings is 1. The maximum absolute atomic E-state index is 13.5. The molecular weight excluding hydrogens is 369 g/mol. The zero-order valence-corrected chi connectivity index (χ0v) is 17.2. The fourth-order valence-electron chi connectivity index (χ4n) is 4.44. The van der Waals surface area contributed by atoms with E-state index < -0.39 is 6.17 Å². The molecule has 1 fully saturated rings. The summed E-state index contributed by atoms with van der Waals surface area (Å²) in [5.74, 6) is 1.48. The van der Waals surface area contributed by atoms with Crippen molar-refractivity contribution in [3.63, 3.8) is 0 Å². The Morgan fingerprint density at radius 3 is 2.72 bits per heavy atom. The molecule has 0 radical (unpaired) electrons. The fourth-order valence-corrected chi connectivity index (χ4v) is 4.44. The Kier molecular flexibility index (Phi) is 6.09. The van der Waals surface area contributed by atoms with Crippen LogP contribution in [0.5, 0.6) is 11.6 Å². The van der Waals surface area contributed by atoms with E-state index >= 15 is 0 Å². The zero-order chi connectivity index (χ0) is 20.2. The average Bonchev–Trinajstić information content (AvgIpc) is 3.32. The summed E-state index contributed by atoms with van der Waals surface area (Å²) in [6.07, 6.45) is 6.92. The van der Waals surface area contributed by atoms with Gasteiger partial charge in [-0.1, -0.05) is 11.6 Å². The molecular formula is C23H28FN3O2. The predicted octanol–water partition coefficient (Wildman–Crippen LogP) is 3.87. The van der Waals surface area contributed by atoms with Gasteiger partial charge in [-0.3, -0.25) is 4.98 Å². The third-order valence-corrected chi connectivity index (χ3v) is 5.95. The van der Waals surface area contributed by atoms with Crippen LogP contribution in [0, 0.1) is 0 Å². The molecule has 1 aliphatic heterocycles. The number of rotatable bonds is 8. The van der Waals surface area contributed by atoms with Crippen LogP contribution in [0.1, 0.15) is 36.1 Å². The van der Waals surface area contributed by atoms with Crippen LogP contribution in [0.4, 0.5) is 4.39 Å². The second kappa shape index (κ2) is 8.91. The molecule has 1 aromatic carbocycles. The average molecular weight is 397 g/mol. The maximum atomic E-state index is 13.5. The molecule has 1 saturated heterocycles. The van der Waals surface area contributed by atoms with Gasteiger partial charge in [0.05, 0.1) is 14.2 Å². The van der Waals surface area contributed by atoms with Gasteiger partial charge in [0.15, 0.2) is 0 Å². The van der Waals surface area contributed by atoms with E-state index in [4.69, 9.17) is 9.47 Å². The van der Waals surface area contributed by atoms with Crippen LogP contribution < -0.4 is 9.47 Å². The summed E-state index contributed by atoms with van der Waals surface area (Å²) in [7, 11) is 3.33. The zero-order valence-electron chi connectivity index (χ0n) is 17.2. The third-order valence-electron chi connectivity index (χ3n) is 5.95. The molecule has 2 heterocycles. The second-order valence-corrected chi connectivity index (χ2v) is 7.73. The minimum absolute atomic E-state index is 0.570. The summed E-state index contributed by atoms with van der Waals surface area (Å²) < 4.78 is 24.3. The maximum Gasteiger partial charge on any atom is 0.235 e. The summed E-state index contributed by atoms with van der Waals surface area (Å²) in [4.78, 5) is 11.0. The van der Waals surface area contributed by atoms with Crippen molar-refractivity contribution in [2.24, 2.45) is 0 Å². The van der Waals surface area contributed by atoms with E-state index in [1.54, 1.807) is 26.6 Å². The number of methoxy groups -OCH3 is 2. The number of halogens is 1. The molecule has 0 N–H and O–H groups in total. The number of allylic oxidation sites excluding steroid dienone is 1. The number of alkyl halides is 1. The van der Waals surface area contributed by atoms with Crippen molar-refractivity contribution in [3.8, 4) is 11.6 Å². The van der Waals surface area contributed by atoms with Crippen LogP contribution in [0.25, 0.3) is 5.57 Å². The van der Waals surface area contributed by atoms with Crippen LogP contribution in [0.3, 0.4) is 0 Å². The first kappa shape index (κ1) is 19.8. The highest BCUT2D eigenvalue weighted by Crippen LogP contribution is 2.39. The van der Waals surface area contributed by atoms with Crippen molar-refractivity contribution >= 4 is 5.57 Å². The van der Waals surface area contributed by atoms with Crippen molar-refractivity contribution in [1.29, 1.82) is 0 Å². The van der Waals surface area contributed by atoms with E-state index in [1.165, 1.54) is 22.3 Å². The molecule has 2 aliphatic rings. The van der Waals surface area contributed by atoms with Gasteiger partial charge >= 0.3 is 0 Å². The van der Waals surface area contributed by atoms with E-state index in [-0.39, 0.29) is 0 Å². The monoisotopic (exact) mass is 397 g/mol. The molecule has 4 rings (SSSR count). The van der Waals surface area contributed by atoms with E-state index in [0.29, 0.717) is 18.8 Å². The Hall–Kier alpha value is -2.47. The van der Waals surface area contributed by atoms with E-state index in [0.717, 1.165) is 50.2 Å². The molecule has 0 amide bonds. The molecule has 29 heavy (non-hydrogen) atoms. The molecule has 2 aromatic rings. The molecule has 0 saturated carbocycles. The summed E-state index contributed by atoms with van der Waals surface area (Å²) in [5, 5.41) is 0.